The molecule has 0 amide bonds. The van der Waals surface area contributed by atoms with Gasteiger partial charge >= 0.3 is 0 Å². The maximum absolute atomic E-state index is 5.72. The van der Waals surface area contributed by atoms with Crippen LogP contribution in [0.5, 0.6) is 0 Å². The van der Waals surface area contributed by atoms with Crippen LogP contribution in [-0.2, 0) is 12.8 Å². The fourth-order valence-electron chi connectivity index (χ4n) is 3.63. The van der Waals surface area contributed by atoms with Crippen molar-refractivity contribution in [1.29, 1.82) is 0 Å². The van der Waals surface area contributed by atoms with E-state index >= 15 is 0 Å². The van der Waals surface area contributed by atoms with Gasteiger partial charge in [0.15, 0.2) is 0 Å². The second-order valence-corrected chi connectivity index (χ2v) is 5.89. The van der Waals surface area contributed by atoms with Crippen molar-refractivity contribution in [3.63, 3.8) is 0 Å². The number of aryl methyl sites for hydroxylation is 1. The van der Waals surface area contributed by atoms with Crippen molar-refractivity contribution < 1.29 is 4.42 Å². The summed E-state index contributed by atoms with van der Waals surface area (Å²) in [6.45, 7) is 6.92. The summed E-state index contributed by atoms with van der Waals surface area (Å²) in [6.07, 6.45) is 9.25. The molecule has 0 fully saturated rings. The zero-order valence-electron chi connectivity index (χ0n) is 10.5. The molecule has 16 heavy (non-hydrogen) atoms. The van der Waals surface area contributed by atoms with Crippen LogP contribution in [0.1, 0.15) is 43.6 Å². The zero-order valence-corrected chi connectivity index (χ0v) is 10.5. The molecule has 0 saturated heterocycles. The van der Waals surface area contributed by atoms with Crippen LogP contribution in [0, 0.1) is 18.3 Å². The van der Waals surface area contributed by atoms with Gasteiger partial charge in [-0.25, -0.2) is 0 Å². The summed E-state index contributed by atoms with van der Waals surface area (Å²) < 4.78 is 5.72. The van der Waals surface area contributed by atoms with Crippen LogP contribution in [0.2, 0.25) is 0 Å². The lowest BCUT2D eigenvalue weighted by molar-refractivity contribution is 0.157. The molecule has 0 aromatic carbocycles. The quantitative estimate of drug-likeness (QED) is 0.596. The Labute approximate surface area is 97.5 Å². The Morgan fingerprint density at radius 2 is 2.19 bits per heavy atom. The molecule has 86 valence electrons. The van der Waals surface area contributed by atoms with Gasteiger partial charge in [0.05, 0.1) is 6.26 Å². The Hall–Kier alpha value is -0.980. The minimum absolute atomic E-state index is 0.441. The molecule has 0 unspecified atom stereocenters. The first-order valence-electron chi connectivity index (χ1n) is 6.33. The summed E-state index contributed by atoms with van der Waals surface area (Å²) in [5, 5.41) is 0. The highest BCUT2D eigenvalue weighted by atomic mass is 16.3. The molecule has 1 nitrogen and oxygen atoms in total. The van der Waals surface area contributed by atoms with Crippen molar-refractivity contribution in [3.05, 3.63) is 34.8 Å². The van der Waals surface area contributed by atoms with E-state index in [2.05, 4.69) is 26.8 Å². The van der Waals surface area contributed by atoms with Gasteiger partial charge in [-0.3, -0.25) is 0 Å². The second-order valence-electron chi connectivity index (χ2n) is 5.89. The molecule has 2 atom stereocenters. The molecule has 1 aromatic rings. The summed E-state index contributed by atoms with van der Waals surface area (Å²) in [4.78, 5) is 0. The van der Waals surface area contributed by atoms with Gasteiger partial charge in [-0.2, -0.15) is 0 Å². The van der Waals surface area contributed by atoms with E-state index in [1.807, 2.05) is 6.26 Å². The van der Waals surface area contributed by atoms with E-state index < -0.39 is 0 Å². The third-order valence-corrected chi connectivity index (χ3v) is 4.74. The van der Waals surface area contributed by atoms with Crippen LogP contribution in [0.4, 0.5) is 0 Å². The predicted octanol–water partition coefficient (Wildman–Crippen LogP) is 4.05. The molecule has 0 N–H and O–H groups in total. The largest absolute Gasteiger partial charge is 0.469 e. The Bertz CT molecular complexity index is 452. The van der Waals surface area contributed by atoms with E-state index in [1.54, 1.807) is 5.57 Å². The minimum atomic E-state index is 0.441. The van der Waals surface area contributed by atoms with Crippen LogP contribution in [-0.4, -0.2) is 0 Å². The third-order valence-electron chi connectivity index (χ3n) is 4.74. The normalized spacial score (nSPS) is 32.9. The molecular formula is C15H20O. The Morgan fingerprint density at radius 3 is 3.00 bits per heavy atom. The number of rotatable bonds is 0. The van der Waals surface area contributed by atoms with Gasteiger partial charge in [0.1, 0.15) is 5.76 Å². The minimum Gasteiger partial charge on any atom is -0.469 e. The van der Waals surface area contributed by atoms with E-state index in [0.717, 1.165) is 12.3 Å². The topological polar surface area (TPSA) is 13.1 Å². The van der Waals surface area contributed by atoms with Crippen LogP contribution in [0.25, 0.3) is 0 Å². The summed E-state index contributed by atoms with van der Waals surface area (Å²) in [5.41, 5.74) is 4.86. The summed E-state index contributed by atoms with van der Waals surface area (Å²) in [6, 6.07) is 0. The van der Waals surface area contributed by atoms with E-state index in [0.29, 0.717) is 5.41 Å². The van der Waals surface area contributed by atoms with Crippen LogP contribution in [0.15, 0.2) is 22.3 Å². The monoisotopic (exact) mass is 216 g/mol. The van der Waals surface area contributed by atoms with E-state index in [1.165, 1.54) is 36.1 Å². The van der Waals surface area contributed by atoms with Gasteiger partial charge in [0.2, 0.25) is 0 Å². The average molecular weight is 216 g/mol. The Morgan fingerprint density at radius 1 is 1.38 bits per heavy atom. The van der Waals surface area contributed by atoms with Crippen molar-refractivity contribution in [1.82, 2.24) is 0 Å². The molecule has 1 heteroatoms. The predicted molar refractivity (Wildman–Crippen MR) is 65.4 cm³/mol. The first kappa shape index (κ1) is 10.2. The van der Waals surface area contributed by atoms with Gasteiger partial charge in [-0.05, 0) is 55.6 Å². The van der Waals surface area contributed by atoms with Gasteiger partial charge in [0, 0.05) is 6.42 Å². The molecule has 0 saturated carbocycles. The average Bonchev–Trinajstić information content (AvgIpc) is 2.57. The number of allylic oxidation sites excluding steroid dienone is 2. The lowest BCUT2D eigenvalue weighted by atomic mass is 9.60. The highest BCUT2D eigenvalue weighted by Crippen LogP contribution is 2.49. The fraction of sp³-hybridized carbons (Fsp3) is 0.600. The summed E-state index contributed by atoms with van der Waals surface area (Å²) in [5.74, 6) is 2.00. The van der Waals surface area contributed by atoms with Crippen molar-refractivity contribution in [2.45, 2.75) is 46.5 Å². The van der Waals surface area contributed by atoms with E-state index in [-0.39, 0.29) is 0 Å². The van der Waals surface area contributed by atoms with Crippen molar-refractivity contribution in [2.75, 3.05) is 0 Å². The second kappa shape index (κ2) is 3.26. The molecule has 1 aromatic heterocycles. The van der Waals surface area contributed by atoms with Crippen molar-refractivity contribution in [2.24, 2.45) is 11.3 Å². The standard InChI is InChI=1S/C15H20O/c1-10-5-4-6-15(3)8-14-12(7-13(10)15)11(2)9-16-14/h5,9,13H,4,6-8H2,1-3H3/t13-,15-/m1/s1. The van der Waals surface area contributed by atoms with Crippen LogP contribution < -0.4 is 0 Å². The number of fused-ring (bicyclic) bond motifs is 2. The smallest absolute Gasteiger partial charge is 0.107 e. The van der Waals surface area contributed by atoms with Crippen molar-refractivity contribution in [3.8, 4) is 0 Å². The molecule has 3 rings (SSSR count). The summed E-state index contributed by atoms with van der Waals surface area (Å²) in [7, 11) is 0. The van der Waals surface area contributed by atoms with Gasteiger partial charge in [0.25, 0.3) is 0 Å². The van der Waals surface area contributed by atoms with Gasteiger partial charge < -0.3 is 4.42 Å². The first-order valence-corrected chi connectivity index (χ1v) is 6.33. The lowest BCUT2D eigenvalue weighted by Crippen LogP contribution is -2.37. The molecule has 1 heterocycles. The highest BCUT2D eigenvalue weighted by molar-refractivity contribution is 5.34. The number of hydrogen-bond acceptors (Lipinski definition) is 1. The molecular weight excluding hydrogens is 196 g/mol. The van der Waals surface area contributed by atoms with Crippen LogP contribution in [0.3, 0.4) is 0 Å². The molecule has 2 aliphatic rings. The number of hydrogen-bond donors (Lipinski definition) is 0. The van der Waals surface area contributed by atoms with E-state index in [4.69, 9.17) is 4.42 Å². The molecule has 2 aliphatic carbocycles. The van der Waals surface area contributed by atoms with Gasteiger partial charge in [-0.1, -0.05) is 18.6 Å². The fourth-order valence-corrected chi connectivity index (χ4v) is 3.63. The lowest BCUT2D eigenvalue weighted by Gasteiger charge is -2.44. The Kier molecular flexibility index (Phi) is 2.07. The van der Waals surface area contributed by atoms with Crippen molar-refractivity contribution >= 4 is 0 Å². The SMILES string of the molecule is CC1=CCC[C@]2(C)Cc3occ(C)c3C[C@H]12. The summed E-state index contributed by atoms with van der Waals surface area (Å²) >= 11 is 0. The first-order chi connectivity index (χ1) is 7.60. The Balaban J connectivity index is 2.06. The molecule has 0 aliphatic heterocycles. The highest BCUT2D eigenvalue weighted by Gasteiger charge is 2.42. The molecule has 0 radical (unpaired) electrons. The third kappa shape index (κ3) is 1.30. The maximum Gasteiger partial charge on any atom is 0.107 e. The maximum atomic E-state index is 5.72. The van der Waals surface area contributed by atoms with Gasteiger partial charge in [-0.15, -0.1) is 0 Å². The number of furan rings is 1. The molecule has 0 bridgehead atoms. The van der Waals surface area contributed by atoms with Crippen LogP contribution >= 0.6 is 0 Å². The molecule has 0 spiro atoms. The van der Waals surface area contributed by atoms with E-state index in [9.17, 15) is 0 Å². The zero-order chi connectivity index (χ0) is 11.3.